The summed E-state index contributed by atoms with van der Waals surface area (Å²) < 4.78 is 17.1. The summed E-state index contributed by atoms with van der Waals surface area (Å²) in [5.74, 6) is 2.35. The SMILES string of the molecule is CN=C(NC1=C(C=O)[CH]([Pb])C2(c3ccc(OC)cc3)Oc3cc(OC)ccc3C12O)c1ccc(C)cc1. The number of hydrogen-bond acceptors (Lipinski definition) is 6. The number of ether oxygens (including phenoxy) is 3. The molecule has 2 N–H and O–H groups in total. The van der Waals surface area contributed by atoms with Gasteiger partial charge in [-0.1, -0.05) is 0 Å². The second-order valence-corrected chi connectivity index (χ2v) is 11.3. The van der Waals surface area contributed by atoms with Crippen molar-refractivity contribution in [3.8, 4) is 17.2 Å². The first-order valence-electron chi connectivity index (χ1n) is 11.8. The molecule has 1 heterocycles. The van der Waals surface area contributed by atoms with Gasteiger partial charge in [-0.3, -0.25) is 0 Å². The Morgan fingerprint density at radius 3 is 2.30 bits per heavy atom. The van der Waals surface area contributed by atoms with Gasteiger partial charge >= 0.3 is 233 Å². The van der Waals surface area contributed by atoms with Crippen LogP contribution in [0, 0.1) is 6.92 Å². The number of carbonyl (C=O) groups is 1. The number of rotatable bonds is 6. The third-order valence-electron chi connectivity index (χ3n) is 7.19. The van der Waals surface area contributed by atoms with E-state index in [1.807, 2.05) is 55.5 Å². The quantitative estimate of drug-likeness (QED) is 0.178. The van der Waals surface area contributed by atoms with Crippen LogP contribution in [0.2, 0.25) is 3.48 Å². The van der Waals surface area contributed by atoms with Crippen molar-refractivity contribution in [1.82, 2.24) is 5.32 Å². The molecule has 0 aromatic heterocycles. The van der Waals surface area contributed by atoms with Gasteiger partial charge in [-0.05, 0) is 0 Å². The van der Waals surface area contributed by atoms with Gasteiger partial charge in [0.2, 0.25) is 0 Å². The number of aliphatic hydroxyl groups is 1. The Balaban J connectivity index is 1.73. The fraction of sp³-hybridized carbons (Fsp3) is 0.241. The van der Waals surface area contributed by atoms with E-state index in [4.69, 9.17) is 14.2 Å². The van der Waals surface area contributed by atoms with Crippen LogP contribution in [0.25, 0.3) is 0 Å². The predicted molar refractivity (Wildman–Crippen MR) is 142 cm³/mol. The Labute approximate surface area is 231 Å². The molecule has 0 fully saturated rings. The number of aryl methyl sites for hydroxylation is 1. The standard InChI is InChI=1S/C29H27N2O5.Pb/c1-18-5-7-19(8-6-18)27(30-2)31-26-20(17-32)16-28(21-9-11-22(34-3)12-10-21)29(26,33)24-14-13-23(35-4)15-25(24)36-28;/h5-17,33H,1-4H3,(H,30,31);. The van der Waals surface area contributed by atoms with E-state index < -0.39 is 11.2 Å². The molecule has 0 amide bonds. The Morgan fingerprint density at radius 1 is 1.05 bits per heavy atom. The maximum atomic E-state index is 12.8. The van der Waals surface area contributed by atoms with E-state index in [0.29, 0.717) is 65.7 Å². The summed E-state index contributed by atoms with van der Waals surface area (Å²) >= 11 is 0.532. The molecule has 187 valence electrons. The average molecular weight is 691 g/mol. The van der Waals surface area contributed by atoms with Crippen LogP contribution in [-0.4, -0.2) is 64.3 Å². The molecule has 7 nitrogen and oxygen atoms in total. The molecule has 3 unspecified atom stereocenters. The first-order valence-corrected chi connectivity index (χ1v) is 14.0. The summed E-state index contributed by atoms with van der Waals surface area (Å²) in [6, 6.07) is 20.7. The van der Waals surface area contributed by atoms with E-state index in [2.05, 4.69) is 10.3 Å². The van der Waals surface area contributed by atoms with Gasteiger partial charge < -0.3 is 0 Å². The molecule has 5 rings (SSSR count). The molecule has 3 aromatic carbocycles. The molecule has 2 aliphatic rings. The molecule has 3 atom stereocenters. The van der Waals surface area contributed by atoms with Crippen molar-refractivity contribution in [2.24, 2.45) is 4.99 Å². The van der Waals surface area contributed by atoms with Gasteiger partial charge in [-0.25, -0.2) is 0 Å². The second kappa shape index (κ2) is 9.61. The number of benzene rings is 3. The molecular weight excluding hydrogens is 664 g/mol. The number of carbonyl (C=O) groups excluding carboxylic acids is 1. The minimum absolute atomic E-state index is 0.375. The predicted octanol–water partition coefficient (Wildman–Crippen LogP) is 3.58. The zero-order valence-corrected chi connectivity index (χ0v) is 24.9. The Bertz CT molecular complexity index is 1420. The van der Waals surface area contributed by atoms with E-state index in [0.717, 1.165) is 23.0 Å². The zero-order valence-electron chi connectivity index (χ0n) is 21.0. The van der Waals surface area contributed by atoms with Gasteiger partial charge in [0.1, 0.15) is 0 Å². The van der Waals surface area contributed by atoms with Crippen molar-refractivity contribution in [3.05, 3.63) is 100 Å². The number of methoxy groups -OCH3 is 2. The number of amidine groups is 1. The second-order valence-electron chi connectivity index (χ2n) is 9.08. The van der Waals surface area contributed by atoms with E-state index >= 15 is 0 Å². The van der Waals surface area contributed by atoms with Crippen LogP contribution < -0.4 is 19.5 Å². The van der Waals surface area contributed by atoms with Crippen LogP contribution in [0.4, 0.5) is 0 Å². The fourth-order valence-electron chi connectivity index (χ4n) is 5.27. The maximum absolute atomic E-state index is 12.8. The normalized spacial score (nSPS) is 24.3. The number of fused-ring (bicyclic) bond motifs is 3. The first-order chi connectivity index (χ1) is 17.8. The molecule has 1 aliphatic carbocycles. The number of aldehydes is 1. The molecule has 1 aliphatic heterocycles. The summed E-state index contributed by atoms with van der Waals surface area (Å²) in [6.45, 7) is 2.02. The van der Waals surface area contributed by atoms with Crippen LogP contribution in [0.1, 0.15) is 22.3 Å². The summed E-state index contributed by atoms with van der Waals surface area (Å²) in [6.07, 6.45) is 0.830. The first kappa shape index (κ1) is 25.5. The van der Waals surface area contributed by atoms with Gasteiger partial charge in [0.25, 0.3) is 0 Å². The summed E-state index contributed by atoms with van der Waals surface area (Å²) in [4.78, 5) is 17.1. The number of nitrogens with one attached hydrogen (secondary N) is 1. The summed E-state index contributed by atoms with van der Waals surface area (Å²) in [7, 11) is 4.87. The molecule has 3 radical (unpaired) electrons. The van der Waals surface area contributed by atoms with Crippen molar-refractivity contribution in [2.45, 2.75) is 21.6 Å². The van der Waals surface area contributed by atoms with Crippen molar-refractivity contribution >= 4 is 37.9 Å². The van der Waals surface area contributed by atoms with Gasteiger partial charge in [0.05, 0.1) is 0 Å². The Morgan fingerprint density at radius 2 is 1.70 bits per heavy atom. The van der Waals surface area contributed by atoms with Crippen LogP contribution in [0.3, 0.4) is 0 Å². The van der Waals surface area contributed by atoms with E-state index in [9.17, 15) is 9.90 Å². The Hall–Kier alpha value is -3.18. The van der Waals surface area contributed by atoms with Crippen LogP contribution in [-0.2, 0) is 16.0 Å². The van der Waals surface area contributed by atoms with Crippen LogP contribution in [0.5, 0.6) is 17.2 Å². The third kappa shape index (κ3) is 3.70. The van der Waals surface area contributed by atoms with Gasteiger partial charge in [0.15, 0.2) is 0 Å². The fourth-order valence-corrected chi connectivity index (χ4v) is 7.79. The van der Waals surface area contributed by atoms with Gasteiger partial charge in [0, 0.05) is 0 Å². The van der Waals surface area contributed by atoms with Crippen molar-refractivity contribution in [1.29, 1.82) is 0 Å². The molecule has 8 heteroatoms. The molecule has 37 heavy (non-hydrogen) atoms. The van der Waals surface area contributed by atoms with Gasteiger partial charge in [-0.15, -0.1) is 0 Å². The molecule has 0 saturated heterocycles. The Kier molecular flexibility index (Phi) is 6.61. The van der Waals surface area contributed by atoms with Crippen LogP contribution in [0.15, 0.2) is 83.0 Å². The minimum atomic E-state index is -1.69. The van der Waals surface area contributed by atoms with E-state index in [-0.39, 0.29) is 3.48 Å². The number of hydrogen-bond donors (Lipinski definition) is 2. The van der Waals surface area contributed by atoms with Gasteiger partial charge in [-0.2, -0.15) is 0 Å². The third-order valence-corrected chi connectivity index (χ3v) is 9.98. The van der Waals surface area contributed by atoms with E-state index in [1.54, 1.807) is 39.5 Å². The van der Waals surface area contributed by atoms with Crippen molar-refractivity contribution < 1.29 is 24.1 Å². The molecule has 0 saturated carbocycles. The number of aliphatic imine (C=N–C) groups is 1. The average Bonchev–Trinajstić information content (AvgIpc) is 3.29. The molecule has 3 aromatic rings. The van der Waals surface area contributed by atoms with Crippen LogP contribution >= 0.6 is 0 Å². The summed E-state index contributed by atoms with van der Waals surface area (Å²) in [5.41, 5.74) is 1.17. The van der Waals surface area contributed by atoms with Crippen molar-refractivity contribution in [2.75, 3.05) is 21.3 Å². The molecule has 0 spiro atoms. The molecular formula is C29H27N2O5Pb. The molecule has 0 bridgehead atoms. The topological polar surface area (TPSA) is 89.4 Å². The van der Waals surface area contributed by atoms with Crippen molar-refractivity contribution in [3.63, 3.8) is 0 Å². The van der Waals surface area contributed by atoms with E-state index in [1.165, 1.54) is 0 Å². The number of nitrogens with zero attached hydrogens (tertiary/aromatic N) is 1. The zero-order chi connectivity index (χ0) is 26.4. The summed E-state index contributed by atoms with van der Waals surface area (Å²) in [5, 5.41) is 16.2. The monoisotopic (exact) mass is 691 g/mol.